The third-order valence-electron chi connectivity index (χ3n) is 4.01. The second kappa shape index (κ2) is 4.17. The van der Waals surface area contributed by atoms with Crippen molar-refractivity contribution in [3.05, 3.63) is 0 Å². The SMILES string of the molecule is CCN1CC2CN(C)CC(C1)C2CN. The van der Waals surface area contributed by atoms with E-state index in [0.29, 0.717) is 0 Å². The number of hydrogen-bond donors (Lipinski definition) is 1. The summed E-state index contributed by atoms with van der Waals surface area (Å²) in [4.78, 5) is 5.07. The molecular formula is C11H23N3. The van der Waals surface area contributed by atoms with Crippen LogP contribution in [0.5, 0.6) is 0 Å². The molecule has 0 saturated carbocycles. The molecule has 2 aliphatic heterocycles. The predicted octanol–water partition coefficient (Wildman–Crippen LogP) is 0.0746. The highest BCUT2D eigenvalue weighted by atomic mass is 15.2. The molecule has 0 aliphatic carbocycles. The fraction of sp³-hybridized carbons (Fsp3) is 1.00. The zero-order chi connectivity index (χ0) is 10.1. The molecule has 2 aliphatic rings. The van der Waals surface area contributed by atoms with Crippen LogP contribution in [0.15, 0.2) is 0 Å². The maximum atomic E-state index is 5.89. The average Bonchev–Trinajstić information content (AvgIpc) is 2.15. The Hall–Kier alpha value is -0.120. The summed E-state index contributed by atoms with van der Waals surface area (Å²) < 4.78 is 0. The van der Waals surface area contributed by atoms with E-state index >= 15 is 0 Å². The summed E-state index contributed by atoms with van der Waals surface area (Å²) in [5.74, 6) is 2.42. The molecule has 2 unspecified atom stereocenters. The van der Waals surface area contributed by atoms with Crippen LogP contribution in [0.25, 0.3) is 0 Å². The highest BCUT2D eigenvalue weighted by Crippen LogP contribution is 2.32. The summed E-state index contributed by atoms with van der Waals surface area (Å²) in [5, 5.41) is 0. The van der Waals surface area contributed by atoms with Crippen molar-refractivity contribution in [2.24, 2.45) is 23.5 Å². The molecule has 82 valence electrons. The van der Waals surface area contributed by atoms with Gasteiger partial charge in [0.05, 0.1) is 0 Å². The van der Waals surface area contributed by atoms with E-state index < -0.39 is 0 Å². The molecule has 3 heteroatoms. The Morgan fingerprint density at radius 1 is 1.14 bits per heavy atom. The van der Waals surface area contributed by atoms with Crippen molar-refractivity contribution >= 4 is 0 Å². The lowest BCUT2D eigenvalue weighted by atomic mass is 9.74. The lowest BCUT2D eigenvalue weighted by Crippen LogP contribution is -2.58. The van der Waals surface area contributed by atoms with E-state index in [0.717, 1.165) is 24.3 Å². The molecule has 2 heterocycles. The zero-order valence-corrected chi connectivity index (χ0v) is 9.45. The third-order valence-corrected chi connectivity index (χ3v) is 4.01. The fourth-order valence-electron chi connectivity index (χ4n) is 3.30. The first-order valence-corrected chi connectivity index (χ1v) is 5.85. The number of hydrogen-bond acceptors (Lipinski definition) is 3. The fourth-order valence-corrected chi connectivity index (χ4v) is 3.30. The highest BCUT2D eigenvalue weighted by Gasteiger charge is 2.39. The van der Waals surface area contributed by atoms with Crippen LogP contribution < -0.4 is 5.73 Å². The van der Waals surface area contributed by atoms with Crippen molar-refractivity contribution in [3.63, 3.8) is 0 Å². The Morgan fingerprint density at radius 2 is 1.71 bits per heavy atom. The Balaban J connectivity index is 2.06. The number of nitrogens with zero attached hydrogens (tertiary/aromatic N) is 2. The number of fused-ring (bicyclic) bond motifs is 2. The molecule has 0 aromatic carbocycles. The van der Waals surface area contributed by atoms with Crippen LogP contribution >= 0.6 is 0 Å². The summed E-state index contributed by atoms with van der Waals surface area (Å²) in [7, 11) is 2.24. The number of piperidine rings is 2. The summed E-state index contributed by atoms with van der Waals surface area (Å²) >= 11 is 0. The predicted molar refractivity (Wildman–Crippen MR) is 59.1 cm³/mol. The standard InChI is InChI=1S/C11H23N3/c1-3-14-7-9-5-13(2)6-10(8-14)11(9)4-12/h9-11H,3-8,12H2,1-2H3. The van der Waals surface area contributed by atoms with Crippen LogP contribution in [0, 0.1) is 17.8 Å². The molecule has 2 N–H and O–H groups in total. The first kappa shape index (κ1) is 10.4. The minimum absolute atomic E-state index is 0.786. The van der Waals surface area contributed by atoms with Gasteiger partial charge in [-0.05, 0) is 37.9 Å². The van der Waals surface area contributed by atoms with Crippen LogP contribution in [0.4, 0.5) is 0 Å². The average molecular weight is 197 g/mol. The molecule has 0 amide bonds. The van der Waals surface area contributed by atoms with E-state index in [2.05, 4.69) is 23.8 Å². The molecule has 14 heavy (non-hydrogen) atoms. The Morgan fingerprint density at radius 3 is 2.14 bits per heavy atom. The summed E-state index contributed by atoms with van der Waals surface area (Å²) in [6, 6.07) is 0. The smallest absolute Gasteiger partial charge is 0.00252 e. The van der Waals surface area contributed by atoms with Crippen molar-refractivity contribution in [2.75, 3.05) is 46.3 Å². The largest absolute Gasteiger partial charge is 0.330 e. The first-order chi connectivity index (χ1) is 6.74. The van der Waals surface area contributed by atoms with Gasteiger partial charge in [0.15, 0.2) is 0 Å². The third kappa shape index (κ3) is 1.81. The summed E-state index contributed by atoms with van der Waals surface area (Å²) in [5.41, 5.74) is 5.89. The van der Waals surface area contributed by atoms with Gasteiger partial charge < -0.3 is 15.5 Å². The topological polar surface area (TPSA) is 32.5 Å². The summed E-state index contributed by atoms with van der Waals surface area (Å²) in [6.07, 6.45) is 0. The van der Waals surface area contributed by atoms with Crippen molar-refractivity contribution < 1.29 is 0 Å². The van der Waals surface area contributed by atoms with E-state index in [1.54, 1.807) is 0 Å². The Kier molecular flexibility index (Phi) is 3.10. The molecule has 0 aromatic rings. The number of likely N-dealkylation sites (tertiary alicyclic amines) is 2. The highest BCUT2D eigenvalue weighted by molar-refractivity contribution is 4.93. The molecule has 3 nitrogen and oxygen atoms in total. The normalized spacial score (nSPS) is 40.1. The van der Waals surface area contributed by atoms with Crippen LogP contribution in [0.1, 0.15) is 6.92 Å². The minimum Gasteiger partial charge on any atom is -0.330 e. The van der Waals surface area contributed by atoms with Gasteiger partial charge in [0.1, 0.15) is 0 Å². The Bertz CT molecular complexity index is 179. The van der Waals surface area contributed by atoms with E-state index in [1.807, 2.05) is 0 Å². The van der Waals surface area contributed by atoms with Crippen LogP contribution in [-0.2, 0) is 0 Å². The van der Waals surface area contributed by atoms with Gasteiger partial charge in [-0.15, -0.1) is 0 Å². The summed E-state index contributed by atoms with van der Waals surface area (Å²) in [6.45, 7) is 9.37. The van der Waals surface area contributed by atoms with Crippen molar-refractivity contribution in [1.29, 1.82) is 0 Å². The molecule has 2 fully saturated rings. The van der Waals surface area contributed by atoms with Gasteiger partial charge in [0.2, 0.25) is 0 Å². The van der Waals surface area contributed by atoms with Gasteiger partial charge in [-0.25, -0.2) is 0 Å². The number of nitrogens with two attached hydrogens (primary N) is 1. The van der Waals surface area contributed by atoms with Crippen molar-refractivity contribution in [2.45, 2.75) is 6.92 Å². The van der Waals surface area contributed by atoms with Gasteiger partial charge in [-0.2, -0.15) is 0 Å². The van der Waals surface area contributed by atoms with Gasteiger partial charge in [0.25, 0.3) is 0 Å². The van der Waals surface area contributed by atoms with Gasteiger partial charge >= 0.3 is 0 Å². The molecule has 2 bridgehead atoms. The molecule has 0 aromatic heterocycles. The van der Waals surface area contributed by atoms with Crippen molar-refractivity contribution in [3.8, 4) is 0 Å². The Labute approximate surface area is 87.2 Å². The molecule has 2 saturated heterocycles. The van der Waals surface area contributed by atoms with Gasteiger partial charge in [-0.1, -0.05) is 6.92 Å². The molecule has 2 rings (SSSR count). The minimum atomic E-state index is 0.786. The van der Waals surface area contributed by atoms with E-state index in [-0.39, 0.29) is 0 Å². The van der Waals surface area contributed by atoms with Crippen molar-refractivity contribution in [1.82, 2.24) is 9.80 Å². The van der Waals surface area contributed by atoms with Crippen LogP contribution in [0.3, 0.4) is 0 Å². The molecule has 0 spiro atoms. The van der Waals surface area contributed by atoms with Crippen LogP contribution in [0.2, 0.25) is 0 Å². The molecule has 0 radical (unpaired) electrons. The number of rotatable bonds is 2. The first-order valence-electron chi connectivity index (χ1n) is 5.85. The van der Waals surface area contributed by atoms with Crippen LogP contribution in [-0.4, -0.2) is 56.1 Å². The van der Waals surface area contributed by atoms with Gasteiger partial charge in [0, 0.05) is 26.2 Å². The second-order valence-corrected chi connectivity index (χ2v) is 4.99. The van der Waals surface area contributed by atoms with Gasteiger partial charge in [-0.3, -0.25) is 0 Å². The lowest BCUT2D eigenvalue weighted by molar-refractivity contribution is -0.00621. The second-order valence-electron chi connectivity index (χ2n) is 4.99. The molecule has 2 atom stereocenters. The van der Waals surface area contributed by atoms with E-state index in [4.69, 9.17) is 5.73 Å². The van der Waals surface area contributed by atoms with E-state index in [9.17, 15) is 0 Å². The maximum Gasteiger partial charge on any atom is 0.00252 e. The monoisotopic (exact) mass is 197 g/mol. The molecular weight excluding hydrogens is 174 g/mol. The van der Waals surface area contributed by atoms with E-state index in [1.165, 1.54) is 32.7 Å². The lowest BCUT2D eigenvalue weighted by Gasteiger charge is -2.49. The quantitative estimate of drug-likeness (QED) is 0.680. The maximum absolute atomic E-state index is 5.89. The zero-order valence-electron chi connectivity index (χ0n) is 9.45.